The average Bonchev–Trinajstić information content (AvgIpc) is 1.32. The van der Waals surface area contributed by atoms with Gasteiger partial charge in [-0.1, -0.05) is 147 Å². The Hall–Kier alpha value is -1.82. The van der Waals surface area contributed by atoms with E-state index >= 15 is 0 Å². The first-order valence-corrected chi connectivity index (χ1v) is 36.8. The summed E-state index contributed by atoms with van der Waals surface area (Å²) in [5.74, 6) is -1.36. The van der Waals surface area contributed by atoms with Gasteiger partial charge in [0.1, 0.15) is 76.3 Å². The van der Waals surface area contributed by atoms with Gasteiger partial charge < -0.3 is 85.6 Å². The number of carbonyl (C=O) groups is 5. The van der Waals surface area contributed by atoms with E-state index in [2.05, 4.69) is 18.0 Å². The van der Waals surface area contributed by atoms with Crippen molar-refractivity contribution in [1.29, 1.82) is 0 Å². The van der Waals surface area contributed by atoms with Crippen molar-refractivity contribution in [2.24, 2.45) is 11.8 Å². The van der Waals surface area contributed by atoms with Crippen molar-refractivity contribution < 1.29 is 283 Å². The molecule has 6 aliphatic rings. The SMILES string of the molecule is CC(=O)OC[C@H]1O[C@@H](C)[C@@H](OC(C)=O)[C@@H](C)[C@H]1C.C[O-].C[Si]1(C)c2c(ccc(O)c2Cl)C2(OC(=O)c3ccccc32)c2ccc(O)c(Cl)c21.C[Si]1(C)c2c(ccc(O)c2Cl)C2(OC(=O)c3ccccc32)c2ccc(O[C@@H]3O[C@H](CO)[C@H](O)[C@H](O)[C@H]3O)c(Cl)c21.O=CO[O-].[2H]CF.[Cs+].[Cs+].[H-].[Na+]. The van der Waals surface area contributed by atoms with Gasteiger partial charge in [0.15, 0.2) is 11.2 Å². The molecule has 0 saturated carbocycles. The van der Waals surface area contributed by atoms with Gasteiger partial charge in [0.05, 0.1) is 58.6 Å². The maximum atomic E-state index is 13.2. The maximum Gasteiger partial charge on any atom is 1.00 e. The average molecular weight is 1720 g/mol. The number of aromatic hydroxyl groups is 3. The molecule has 0 radical (unpaired) electrons. The van der Waals surface area contributed by atoms with E-state index in [1.807, 2.05) is 46.0 Å². The van der Waals surface area contributed by atoms with Gasteiger partial charge in [0.25, 0.3) is 6.47 Å². The first-order valence-electron chi connectivity index (χ1n) is 30.0. The van der Waals surface area contributed by atoms with Crippen LogP contribution in [0.5, 0.6) is 23.0 Å². The Morgan fingerprint density at radius 3 is 1.40 bits per heavy atom. The number of hydrogen-bond donors (Lipinski definition) is 7. The Morgan fingerprint density at radius 1 is 0.633 bits per heavy atom. The van der Waals surface area contributed by atoms with Gasteiger partial charge in [-0.05, 0) is 70.0 Å². The van der Waals surface area contributed by atoms with Gasteiger partial charge in [-0.3, -0.25) is 18.8 Å². The molecule has 514 valence electrons. The van der Waals surface area contributed by atoms with Crippen LogP contribution in [0.3, 0.4) is 0 Å². The minimum absolute atomic E-state index is 0. The summed E-state index contributed by atoms with van der Waals surface area (Å²) in [4.78, 5) is 59.2. The number of phenols is 3. The number of phenolic OH excluding ortho intramolecular Hbond substituents is 3. The Kier molecular flexibility index (Phi) is 32.7. The van der Waals surface area contributed by atoms with Crippen LogP contribution < -0.4 is 203 Å². The number of hydrogen-bond acceptors (Lipinski definition) is 22. The van der Waals surface area contributed by atoms with Crippen LogP contribution in [0.2, 0.25) is 46.3 Å². The second kappa shape index (κ2) is 36.9. The molecule has 2 saturated heterocycles. The quantitative estimate of drug-likeness (QED) is 0.0201. The van der Waals surface area contributed by atoms with Gasteiger partial charge in [0.2, 0.25) is 6.29 Å². The number of fused-ring (bicyclic) bond motifs is 12. The van der Waals surface area contributed by atoms with Gasteiger partial charge >= 0.3 is 191 Å². The minimum atomic E-state index is -2.88. The number of carbonyl (C=O) groups excluding carboxylic acids is 5. The summed E-state index contributed by atoms with van der Waals surface area (Å²) in [7, 11) is -5.72. The summed E-state index contributed by atoms with van der Waals surface area (Å²) in [5.41, 5.74) is 2.22. The van der Waals surface area contributed by atoms with Crippen LogP contribution in [-0.4, -0.2) is 159 Å². The summed E-state index contributed by atoms with van der Waals surface area (Å²) in [6, 6.07) is 27.3. The molecule has 7 N–H and O–H groups in total. The zero-order valence-electron chi connectivity index (χ0n) is 57.9. The predicted octanol–water partition coefficient (Wildman–Crippen LogP) is -3.86. The first kappa shape index (κ1) is 86.8. The Bertz CT molecular complexity index is 3870. The number of aliphatic hydroxyl groups excluding tert-OH is 4. The molecule has 12 rings (SSSR count). The molecule has 32 heteroatoms. The number of halogens is 5. The molecule has 6 heterocycles. The van der Waals surface area contributed by atoms with Crippen LogP contribution in [0.1, 0.15) is 91.5 Å². The third kappa shape index (κ3) is 16.6. The van der Waals surface area contributed by atoms with Crippen LogP contribution in [0.25, 0.3) is 0 Å². The Labute approximate surface area is 730 Å². The van der Waals surface area contributed by atoms with Crippen molar-refractivity contribution in [3.8, 4) is 23.0 Å². The first-order chi connectivity index (χ1) is 45.3. The monoisotopic (exact) mass is 1720 g/mol. The number of aliphatic hydroxyl groups is 4. The molecule has 98 heavy (non-hydrogen) atoms. The zero-order valence-corrected chi connectivity index (χ0v) is 75.4. The molecule has 22 nitrogen and oxygen atoms in total. The standard InChI is InChI=1S/C28H26Cl2O9Si.C22H16Cl2O4Si.C13H22O5.CH3F.CH2O3.CH3O.2Cs.Na.H/c1-40(2)24-14(7-9-16(32)19(24)29)28(13-6-4-3-5-12(13)26(36)39-28)15-8-10-17(20(30)25(15)40)37-27-23(35)22(34)21(33)18(11-31)38-27;1-29(2)19-13(7-9-15(25)17(19)23)22(14-8-10-16(26)18(24)20(14)29)12-6-4-3-5-11(12)21(27)28-22;1-7-8(2)13(18-11(5)15)9(3)17-12(7)6-16-10(4)14;1-2;2-1-4-3;1-2;;;;/h3-10,18,21-23,27,31-35H,11H2,1-2H3;3-10,25-26H,1-2H3;7-9,12-13H,6H2,1-5H3;1H3;1,3H;1H3;;;;/q;;;;;-1;3*+1;-1/p-1/t18-,21+,22+,23-,27-,28?;;7-,8+,9+,12-,13+;;;;;;;/m1.1......./s1/i;;;1D;;;;;;. The largest absolute Gasteiger partial charge is 1.00 e. The van der Waals surface area contributed by atoms with Crippen LogP contribution >= 0.6 is 46.4 Å². The van der Waals surface area contributed by atoms with E-state index in [4.69, 9.17) is 96.1 Å². The summed E-state index contributed by atoms with van der Waals surface area (Å²) in [5, 5.41) is 92.0. The fourth-order valence-electron chi connectivity index (χ4n) is 13.4. The van der Waals surface area contributed by atoms with Crippen LogP contribution in [0, 0.1) is 11.8 Å². The molecular formula is C66H72Cl4Cs2FNaO22Si2. The van der Waals surface area contributed by atoms with Crippen molar-refractivity contribution in [3.05, 3.63) is 162 Å². The topological polar surface area (TPSA) is 347 Å². The molecule has 6 aliphatic heterocycles. The predicted molar refractivity (Wildman–Crippen MR) is 348 cm³/mol. The Morgan fingerprint density at radius 2 is 1.02 bits per heavy atom. The molecule has 2 fully saturated rings. The molecule has 0 aromatic heterocycles. The second-order valence-corrected chi connectivity index (χ2v) is 33.7. The number of alkyl halides is 1. The van der Waals surface area contributed by atoms with Crippen LogP contribution in [0.4, 0.5) is 4.39 Å². The summed E-state index contributed by atoms with van der Waals surface area (Å²) in [6.07, 6.45) is -8.04. The second-order valence-electron chi connectivity index (χ2n) is 23.7. The molecule has 0 aliphatic carbocycles. The zero-order chi connectivity index (χ0) is 71.4. The van der Waals surface area contributed by atoms with Crippen molar-refractivity contribution in [2.45, 2.75) is 121 Å². The molecule has 1 unspecified atom stereocenters. The molecule has 0 amide bonds. The number of benzene rings is 6. The van der Waals surface area contributed by atoms with E-state index in [1.165, 1.54) is 32.0 Å². The van der Waals surface area contributed by atoms with Crippen LogP contribution in [-0.2, 0) is 58.9 Å². The van der Waals surface area contributed by atoms with E-state index in [0.717, 1.165) is 28.6 Å². The summed E-state index contributed by atoms with van der Waals surface area (Å²) >= 11 is 27.1. The van der Waals surface area contributed by atoms with Crippen molar-refractivity contribution in [3.63, 3.8) is 0 Å². The van der Waals surface area contributed by atoms with Crippen molar-refractivity contribution in [2.75, 3.05) is 27.5 Å². The molecular weight excluding hydrogens is 1650 g/mol. The van der Waals surface area contributed by atoms with E-state index in [1.54, 1.807) is 66.7 Å². The fourth-order valence-corrected chi connectivity index (χ4v) is 23.8. The number of esters is 4. The summed E-state index contributed by atoms with van der Waals surface area (Å²) < 4.78 is 55.3. The molecule has 6 aromatic carbocycles. The fraction of sp³-hybridized carbons (Fsp3) is 0.379. The number of ether oxygens (including phenoxy) is 7. The molecule has 11 atom stereocenters. The van der Waals surface area contributed by atoms with Crippen molar-refractivity contribution >= 4 is 114 Å². The van der Waals surface area contributed by atoms with E-state index in [-0.39, 0.29) is 267 Å². The Balaban J connectivity index is 0.000000382. The third-order valence-electron chi connectivity index (χ3n) is 17.7. The maximum absolute atomic E-state index is 13.2. The summed E-state index contributed by atoms with van der Waals surface area (Å²) in [6.45, 7) is 16.2. The number of rotatable bonds is 7. The van der Waals surface area contributed by atoms with Gasteiger partial charge in [0, 0.05) is 53.1 Å². The molecule has 2 spiro atoms. The van der Waals surface area contributed by atoms with Gasteiger partial charge in [-0.15, -0.1) is 0 Å². The molecule has 0 bridgehead atoms. The smallest absolute Gasteiger partial charge is 1.00 e. The van der Waals surface area contributed by atoms with Gasteiger partial charge in [-0.25, -0.2) is 9.59 Å². The molecule has 6 aromatic rings. The minimum Gasteiger partial charge on any atom is -1.00 e. The van der Waals surface area contributed by atoms with Gasteiger partial charge in [-0.2, -0.15) is 7.11 Å². The normalized spacial score (nSPS) is 24.4. The van der Waals surface area contributed by atoms with E-state index < -0.39 is 83.8 Å². The third-order valence-corrected chi connectivity index (χ3v) is 26.9. The van der Waals surface area contributed by atoms with E-state index in [0.29, 0.717) is 43.8 Å². The van der Waals surface area contributed by atoms with E-state index in [9.17, 15) is 59.3 Å². The van der Waals surface area contributed by atoms with Crippen molar-refractivity contribution in [1.82, 2.24) is 0 Å². The van der Waals surface area contributed by atoms with Crippen LogP contribution in [0.15, 0.2) is 97.1 Å².